The molecule has 0 amide bonds. The lowest BCUT2D eigenvalue weighted by Crippen LogP contribution is -2.02. The van der Waals surface area contributed by atoms with Gasteiger partial charge < -0.3 is 4.74 Å². The van der Waals surface area contributed by atoms with Crippen molar-refractivity contribution in [1.29, 1.82) is 0 Å². The summed E-state index contributed by atoms with van der Waals surface area (Å²) in [5.74, 6) is 0. The molecule has 0 saturated heterocycles. The van der Waals surface area contributed by atoms with Gasteiger partial charge in [-0.15, -0.1) is 5.10 Å². The van der Waals surface area contributed by atoms with E-state index < -0.39 is 0 Å². The van der Waals surface area contributed by atoms with E-state index in [1.165, 1.54) is 0 Å². The van der Waals surface area contributed by atoms with Crippen molar-refractivity contribution >= 4 is 16.4 Å². The first-order valence-corrected chi connectivity index (χ1v) is 6.54. The summed E-state index contributed by atoms with van der Waals surface area (Å²) in [7, 11) is 0. The SMILES string of the molecule is c1ccc(COc2nnc3c4ccccc4cnn23)nc1. The minimum atomic E-state index is 0.330. The number of nitrogens with zero attached hydrogens (tertiary/aromatic N) is 5. The Balaban J connectivity index is 1.72. The number of benzene rings is 1. The quantitative estimate of drug-likeness (QED) is 0.574. The molecule has 102 valence electrons. The largest absolute Gasteiger partial charge is 0.456 e. The smallest absolute Gasteiger partial charge is 0.339 e. The molecule has 6 nitrogen and oxygen atoms in total. The minimum absolute atomic E-state index is 0.330. The molecule has 0 aliphatic heterocycles. The maximum absolute atomic E-state index is 5.66. The third kappa shape index (κ3) is 2.06. The molecular formula is C15H11N5O. The molecule has 0 N–H and O–H groups in total. The van der Waals surface area contributed by atoms with Gasteiger partial charge in [-0.3, -0.25) is 4.98 Å². The summed E-state index contributed by atoms with van der Waals surface area (Å²) in [4.78, 5) is 4.21. The highest BCUT2D eigenvalue weighted by Crippen LogP contribution is 2.19. The standard InChI is InChI=1S/C15H11N5O/c1-2-7-13-11(5-1)9-17-20-14(13)18-19-15(20)21-10-12-6-3-4-8-16-12/h1-9H,10H2. The van der Waals surface area contributed by atoms with Crippen LogP contribution < -0.4 is 4.74 Å². The molecule has 0 radical (unpaired) electrons. The van der Waals surface area contributed by atoms with Gasteiger partial charge in [-0.05, 0) is 12.1 Å². The van der Waals surface area contributed by atoms with E-state index in [0.717, 1.165) is 16.5 Å². The van der Waals surface area contributed by atoms with Crippen LogP contribution in [0.5, 0.6) is 6.01 Å². The fourth-order valence-corrected chi connectivity index (χ4v) is 2.18. The highest BCUT2D eigenvalue weighted by atomic mass is 16.5. The number of hydrogen-bond acceptors (Lipinski definition) is 5. The van der Waals surface area contributed by atoms with Crippen LogP contribution in [0.25, 0.3) is 16.4 Å². The van der Waals surface area contributed by atoms with Crippen LogP contribution in [0, 0.1) is 0 Å². The van der Waals surface area contributed by atoms with E-state index in [1.807, 2.05) is 42.5 Å². The van der Waals surface area contributed by atoms with E-state index in [1.54, 1.807) is 16.9 Å². The summed E-state index contributed by atoms with van der Waals surface area (Å²) in [6, 6.07) is 14.0. The van der Waals surface area contributed by atoms with Gasteiger partial charge in [0.05, 0.1) is 11.9 Å². The summed E-state index contributed by atoms with van der Waals surface area (Å²) >= 11 is 0. The predicted octanol–water partition coefficient (Wildman–Crippen LogP) is 2.25. The first-order chi connectivity index (χ1) is 10.4. The molecule has 4 aromatic rings. The Bertz CT molecular complexity index is 904. The second-order valence-electron chi connectivity index (χ2n) is 4.56. The van der Waals surface area contributed by atoms with Gasteiger partial charge in [-0.1, -0.05) is 35.4 Å². The first kappa shape index (κ1) is 11.8. The van der Waals surface area contributed by atoms with Gasteiger partial charge in [0, 0.05) is 17.0 Å². The van der Waals surface area contributed by atoms with Gasteiger partial charge in [0.2, 0.25) is 0 Å². The molecule has 6 heteroatoms. The van der Waals surface area contributed by atoms with Crippen LogP contribution in [0.3, 0.4) is 0 Å². The number of ether oxygens (including phenoxy) is 1. The fourth-order valence-electron chi connectivity index (χ4n) is 2.18. The van der Waals surface area contributed by atoms with E-state index in [9.17, 15) is 0 Å². The molecular weight excluding hydrogens is 266 g/mol. The fraction of sp³-hybridized carbons (Fsp3) is 0.0667. The predicted molar refractivity (Wildman–Crippen MR) is 76.9 cm³/mol. The van der Waals surface area contributed by atoms with Crippen molar-refractivity contribution in [1.82, 2.24) is 24.8 Å². The van der Waals surface area contributed by atoms with E-state index in [4.69, 9.17) is 4.74 Å². The Labute approximate surface area is 120 Å². The van der Waals surface area contributed by atoms with Crippen LogP contribution in [0.1, 0.15) is 5.69 Å². The molecule has 0 fully saturated rings. The van der Waals surface area contributed by atoms with Crippen molar-refractivity contribution in [2.24, 2.45) is 0 Å². The third-order valence-corrected chi connectivity index (χ3v) is 3.20. The number of pyridine rings is 1. The van der Waals surface area contributed by atoms with Crippen LogP contribution in [-0.2, 0) is 6.61 Å². The maximum Gasteiger partial charge on any atom is 0.339 e. The van der Waals surface area contributed by atoms with E-state index >= 15 is 0 Å². The van der Waals surface area contributed by atoms with Crippen LogP contribution in [0.2, 0.25) is 0 Å². The molecule has 0 unspecified atom stereocenters. The number of rotatable bonds is 3. The lowest BCUT2D eigenvalue weighted by Gasteiger charge is -2.03. The van der Waals surface area contributed by atoms with Crippen molar-refractivity contribution in [3.05, 3.63) is 60.6 Å². The van der Waals surface area contributed by atoms with Gasteiger partial charge in [-0.25, -0.2) is 0 Å². The molecule has 1 aromatic carbocycles. The average molecular weight is 277 g/mol. The molecule has 0 saturated carbocycles. The highest BCUT2D eigenvalue weighted by Gasteiger charge is 2.11. The zero-order valence-corrected chi connectivity index (χ0v) is 11.0. The van der Waals surface area contributed by atoms with Gasteiger partial charge in [0.25, 0.3) is 0 Å². The number of hydrogen-bond donors (Lipinski definition) is 0. The van der Waals surface area contributed by atoms with E-state index in [-0.39, 0.29) is 0 Å². The second-order valence-corrected chi connectivity index (χ2v) is 4.56. The van der Waals surface area contributed by atoms with Crippen molar-refractivity contribution in [3.63, 3.8) is 0 Å². The third-order valence-electron chi connectivity index (χ3n) is 3.20. The van der Waals surface area contributed by atoms with Crippen molar-refractivity contribution in [3.8, 4) is 6.01 Å². The minimum Gasteiger partial charge on any atom is -0.456 e. The second kappa shape index (κ2) is 4.82. The zero-order valence-electron chi connectivity index (χ0n) is 11.0. The molecule has 4 rings (SSSR count). The number of aromatic nitrogens is 5. The first-order valence-electron chi connectivity index (χ1n) is 6.54. The van der Waals surface area contributed by atoms with Gasteiger partial charge >= 0.3 is 6.01 Å². The molecule has 0 spiro atoms. The Hall–Kier alpha value is -3.02. The number of fused-ring (bicyclic) bond motifs is 3. The van der Waals surface area contributed by atoms with Crippen LogP contribution >= 0.6 is 0 Å². The lowest BCUT2D eigenvalue weighted by atomic mass is 10.2. The molecule has 0 bridgehead atoms. The van der Waals surface area contributed by atoms with Crippen molar-refractivity contribution in [2.75, 3.05) is 0 Å². The Morgan fingerprint density at radius 2 is 1.90 bits per heavy atom. The van der Waals surface area contributed by atoms with Crippen molar-refractivity contribution in [2.45, 2.75) is 6.61 Å². The van der Waals surface area contributed by atoms with E-state index in [0.29, 0.717) is 18.3 Å². The molecule has 3 heterocycles. The van der Waals surface area contributed by atoms with Gasteiger partial charge in [0.15, 0.2) is 5.65 Å². The van der Waals surface area contributed by atoms with Crippen LogP contribution in [0.4, 0.5) is 0 Å². The normalized spacial score (nSPS) is 11.0. The topological polar surface area (TPSA) is 65.2 Å². The highest BCUT2D eigenvalue weighted by molar-refractivity contribution is 5.92. The van der Waals surface area contributed by atoms with Gasteiger partial charge in [0.1, 0.15) is 6.61 Å². The summed E-state index contributed by atoms with van der Waals surface area (Å²) in [5, 5.41) is 14.6. The average Bonchev–Trinajstić information content (AvgIpc) is 2.97. The summed E-state index contributed by atoms with van der Waals surface area (Å²) < 4.78 is 7.26. The molecule has 21 heavy (non-hydrogen) atoms. The Kier molecular flexibility index (Phi) is 2.71. The molecule has 0 aliphatic rings. The Morgan fingerprint density at radius 1 is 1.00 bits per heavy atom. The Morgan fingerprint density at radius 3 is 2.81 bits per heavy atom. The molecule has 0 aliphatic carbocycles. The van der Waals surface area contributed by atoms with Crippen molar-refractivity contribution < 1.29 is 4.74 Å². The molecule has 0 atom stereocenters. The maximum atomic E-state index is 5.66. The van der Waals surface area contributed by atoms with E-state index in [2.05, 4.69) is 20.3 Å². The monoisotopic (exact) mass is 277 g/mol. The van der Waals surface area contributed by atoms with Crippen LogP contribution in [0.15, 0.2) is 54.9 Å². The van der Waals surface area contributed by atoms with Crippen LogP contribution in [-0.4, -0.2) is 24.8 Å². The zero-order chi connectivity index (χ0) is 14.1. The summed E-state index contributed by atoms with van der Waals surface area (Å²) in [6.07, 6.45) is 3.51. The summed E-state index contributed by atoms with van der Waals surface area (Å²) in [5.41, 5.74) is 1.51. The van der Waals surface area contributed by atoms with Gasteiger partial charge in [-0.2, -0.15) is 9.61 Å². The lowest BCUT2D eigenvalue weighted by molar-refractivity contribution is 0.269. The summed E-state index contributed by atoms with van der Waals surface area (Å²) in [6.45, 7) is 0.330. The molecule has 3 aromatic heterocycles.